The van der Waals surface area contributed by atoms with Crippen molar-refractivity contribution < 1.29 is 0 Å². The maximum absolute atomic E-state index is 3.42. The molecule has 2 rings (SSSR count). The monoisotopic (exact) mass is 196 g/mol. The van der Waals surface area contributed by atoms with Crippen molar-refractivity contribution in [1.29, 1.82) is 0 Å². The minimum Gasteiger partial charge on any atom is -0.316 e. The van der Waals surface area contributed by atoms with Crippen LogP contribution >= 0.6 is 11.3 Å². The summed E-state index contributed by atoms with van der Waals surface area (Å²) in [6, 6.07) is 4.91. The first-order valence-corrected chi connectivity index (χ1v) is 5.71. The third-order valence-electron chi connectivity index (χ3n) is 2.73. The van der Waals surface area contributed by atoms with Crippen molar-refractivity contribution in [1.82, 2.24) is 10.6 Å². The highest BCUT2D eigenvalue weighted by Crippen LogP contribution is 2.29. The molecule has 1 aliphatic rings. The van der Waals surface area contributed by atoms with E-state index in [2.05, 4.69) is 35.2 Å². The third kappa shape index (κ3) is 1.93. The fraction of sp³-hybridized carbons (Fsp3) is 0.600. The Kier molecular flexibility index (Phi) is 2.98. The molecular formula is C10H16N2S. The minimum absolute atomic E-state index is 0.551. The molecule has 1 aromatic heterocycles. The van der Waals surface area contributed by atoms with Crippen LogP contribution < -0.4 is 10.6 Å². The van der Waals surface area contributed by atoms with E-state index in [1.165, 1.54) is 17.8 Å². The maximum atomic E-state index is 3.42. The molecule has 0 amide bonds. The summed E-state index contributed by atoms with van der Waals surface area (Å²) in [6.45, 7) is 2.33. The van der Waals surface area contributed by atoms with Crippen molar-refractivity contribution in [3.63, 3.8) is 0 Å². The average Bonchev–Trinajstić information content (AvgIpc) is 2.76. The van der Waals surface area contributed by atoms with E-state index in [-0.39, 0.29) is 0 Å². The second-order valence-corrected chi connectivity index (χ2v) is 4.51. The molecule has 0 saturated carbocycles. The van der Waals surface area contributed by atoms with Gasteiger partial charge in [-0.25, -0.2) is 0 Å². The van der Waals surface area contributed by atoms with Crippen molar-refractivity contribution in [2.24, 2.45) is 5.92 Å². The Hall–Kier alpha value is -0.380. The second kappa shape index (κ2) is 4.22. The van der Waals surface area contributed by atoms with E-state index < -0.39 is 0 Å². The van der Waals surface area contributed by atoms with E-state index in [4.69, 9.17) is 0 Å². The van der Waals surface area contributed by atoms with Gasteiger partial charge in [-0.3, -0.25) is 0 Å². The lowest BCUT2D eigenvalue weighted by Crippen LogP contribution is -2.26. The second-order valence-electron chi connectivity index (χ2n) is 3.53. The highest BCUT2D eigenvalue weighted by atomic mass is 32.1. The average molecular weight is 196 g/mol. The van der Waals surface area contributed by atoms with Crippen molar-refractivity contribution >= 4 is 11.3 Å². The molecule has 1 aromatic rings. The zero-order valence-corrected chi connectivity index (χ0v) is 8.73. The molecule has 3 heteroatoms. The normalized spacial score (nSPS) is 24.8. The Balaban J connectivity index is 2.08. The summed E-state index contributed by atoms with van der Waals surface area (Å²) in [6.07, 6.45) is 1.30. The third-order valence-corrected chi connectivity index (χ3v) is 3.69. The summed E-state index contributed by atoms with van der Waals surface area (Å²) >= 11 is 1.85. The van der Waals surface area contributed by atoms with Gasteiger partial charge in [0.1, 0.15) is 0 Å². The summed E-state index contributed by atoms with van der Waals surface area (Å²) in [5.74, 6) is 0.767. The van der Waals surface area contributed by atoms with E-state index in [1.54, 1.807) is 0 Å². The number of thiophene rings is 1. The smallest absolute Gasteiger partial charge is 0.0453 e. The van der Waals surface area contributed by atoms with Crippen LogP contribution in [-0.2, 0) is 0 Å². The van der Waals surface area contributed by atoms with Gasteiger partial charge in [-0.05, 0) is 43.9 Å². The molecule has 2 N–H and O–H groups in total. The van der Waals surface area contributed by atoms with Crippen LogP contribution in [0.15, 0.2) is 17.5 Å². The van der Waals surface area contributed by atoms with E-state index in [9.17, 15) is 0 Å². The molecule has 2 heterocycles. The van der Waals surface area contributed by atoms with Gasteiger partial charge in [0.15, 0.2) is 0 Å². The Morgan fingerprint density at radius 1 is 1.69 bits per heavy atom. The zero-order valence-electron chi connectivity index (χ0n) is 7.92. The van der Waals surface area contributed by atoms with Crippen molar-refractivity contribution in [3.05, 3.63) is 22.4 Å². The van der Waals surface area contributed by atoms with Gasteiger partial charge in [-0.2, -0.15) is 0 Å². The number of hydrogen-bond acceptors (Lipinski definition) is 3. The lowest BCUT2D eigenvalue weighted by atomic mass is 9.98. The molecule has 0 aliphatic carbocycles. The van der Waals surface area contributed by atoms with E-state index in [1.807, 2.05) is 11.3 Å². The summed E-state index contributed by atoms with van der Waals surface area (Å²) < 4.78 is 0. The molecule has 0 aromatic carbocycles. The molecule has 13 heavy (non-hydrogen) atoms. The van der Waals surface area contributed by atoms with Gasteiger partial charge in [0.2, 0.25) is 0 Å². The summed E-state index contributed by atoms with van der Waals surface area (Å²) in [4.78, 5) is 1.47. The number of rotatable bonds is 3. The first-order chi connectivity index (χ1) is 6.42. The highest BCUT2D eigenvalue weighted by molar-refractivity contribution is 7.10. The van der Waals surface area contributed by atoms with Gasteiger partial charge >= 0.3 is 0 Å². The molecule has 2 unspecified atom stereocenters. The van der Waals surface area contributed by atoms with Crippen molar-refractivity contribution in [2.75, 3.05) is 20.1 Å². The van der Waals surface area contributed by atoms with Crippen molar-refractivity contribution in [3.8, 4) is 0 Å². The Labute approximate surface area is 83.4 Å². The van der Waals surface area contributed by atoms with Gasteiger partial charge in [-0.15, -0.1) is 11.3 Å². The summed E-state index contributed by atoms with van der Waals surface area (Å²) in [7, 11) is 2.06. The van der Waals surface area contributed by atoms with Crippen LogP contribution in [0.4, 0.5) is 0 Å². The molecule has 1 aliphatic heterocycles. The molecule has 1 saturated heterocycles. The molecule has 2 nitrogen and oxygen atoms in total. The largest absolute Gasteiger partial charge is 0.316 e. The molecule has 2 atom stereocenters. The van der Waals surface area contributed by atoms with Gasteiger partial charge < -0.3 is 10.6 Å². The lowest BCUT2D eigenvalue weighted by molar-refractivity contribution is 0.416. The number of hydrogen-bond donors (Lipinski definition) is 2. The number of nitrogens with one attached hydrogen (secondary N) is 2. The highest BCUT2D eigenvalue weighted by Gasteiger charge is 2.25. The van der Waals surface area contributed by atoms with Crippen molar-refractivity contribution in [2.45, 2.75) is 12.5 Å². The zero-order chi connectivity index (χ0) is 9.10. The van der Waals surface area contributed by atoms with Gasteiger partial charge in [0.05, 0.1) is 0 Å². The van der Waals surface area contributed by atoms with Gasteiger partial charge in [0, 0.05) is 10.9 Å². The first-order valence-electron chi connectivity index (χ1n) is 4.83. The summed E-state index contributed by atoms with van der Waals surface area (Å²) in [5, 5.41) is 8.99. The molecule has 0 bridgehead atoms. The molecule has 0 spiro atoms. The quantitative estimate of drug-likeness (QED) is 0.767. The van der Waals surface area contributed by atoms with Crippen LogP contribution in [0.5, 0.6) is 0 Å². The molecule has 72 valence electrons. The maximum Gasteiger partial charge on any atom is 0.0453 e. The summed E-state index contributed by atoms with van der Waals surface area (Å²) in [5.41, 5.74) is 0. The van der Waals surface area contributed by atoms with Crippen LogP contribution in [0.1, 0.15) is 17.3 Å². The van der Waals surface area contributed by atoms with Gasteiger partial charge in [0.25, 0.3) is 0 Å². The van der Waals surface area contributed by atoms with Crippen LogP contribution in [0.3, 0.4) is 0 Å². The fourth-order valence-corrected chi connectivity index (χ4v) is 2.97. The van der Waals surface area contributed by atoms with E-state index >= 15 is 0 Å². The Morgan fingerprint density at radius 3 is 3.15 bits per heavy atom. The Morgan fingerprint density at radius 2 is 2.62 bits per heavy atom. The SMILES string of the molecule is CNC(c1cccs1)C1CCNC1. The van der Waals surface area contributed by atoms with Crippen LogP contribution in [0, 0.1) is 5.92 Å². The first kappa shape index (κ1) is 9.19. The van der Waals surface area contributed by atoms with Gasteiger partial charge in [-0.1, -0.05) is 6.07 Å². The van der Waals surface area contributed by atoms with E-state index in [0.717, 1.165) is 12.5 Å². The van der Waals surface area contributed by atoms with Crippen LogP contribution in [-0.4, -0.2) is 20.1 Å². The Bertz CT molecular complexity index is 239. The molecule has 0 radical (unpaired) electrons. The van der Waals surface area contributed by atoms with Crippen LogP contribution in [0.25, 0.3) is 0 Å². The predicted molar refractivity (Wildman–Crippen MR) is 57.1 cm³/mol. The molecule has 1 fully saturated rings. The topological polar surface area (TPSA) is 24.1 Å². The lowest BCUT2D eigenvalue weighted by Gasteiger charge is -2.20. The minimum atomic E-state index is 0.551. The van der Waals surface area contributed by atoms with E-state index in [0.29, 0.717) is 6.04 Å². The molecular weight excluding hydrogens is 180 g/mol. The van der Waals surface area contributed by atoms with Crippen LogP contribution in [0.2, 0.25) is 0 Å². The predicted octanol–water partition coefficient (Wildman–Crippen LogP) is 1.62. The standard InChI is InChI=1S/C10H16N2S/c1-11-10(8-4-5-12-7-8)9-3-2-6-13-9/h2-3,6,8,10-12H,4-5,7H2,1H3. The fourth-order valence-electron chi connectivity index (χ4n) is 2.04.